The first kappa shape index (κ1) is 15.7. The summed E-state index contributed by atoms with van der Waals surface area (Å²) in [6.07, 6.45) is 0. The van der Waals surface area contributed by atoms with Gasteiger partial charge >= 0.3 is 0 Å². The summed E-state index contributed by atoms with van der Waals surface area (Å²) < 4.78 is 12.6. The van der Waals surface area contributed by atoms with Gasteiger partial charge in [0.05, 0.1) is 23.9 Å². The highest BCUT2D eigenvalue weighted by atomic mass is 32.2. The highest BCUT2D eigenvalue weighted by Crippen LogP contribution is 2.26. The van der Waals surface area contributed by atoms with Crippen molar-refractivity contribution < 1.29 is 9.26 Å². The molecule has 2 aromatic carbocycles. The summed E-state index contributed by atoms with van der Waals surface area (Å²) in [4.78, 5) is 9.10. The molecule has 0 saturated carbocycles. The number of para-hydroxylation sites is 2. The number of aryl methyl sites for hydroxylation is 1. The zero-order chi connectivity index (χ0) is 17.2. The van der Waals surface area contributed by atoms with Crippen LogP contribution in [-0.4, -0.2) is 26.8 Å². The molecule has 4 aromatic rings. The van der Waals surface area contributed by atoms with Crippen LogP contribution in [0.25, 0.3) is 22.5 Å². The lowest BCUT2D eigenvalue weighted by molar-refractivity contribution is 0.414. The molecule has 0 aliphatic heterocycles. The molecule has 0 atom stereocenters. The molecular weight excluding hydrogens is 336 g/mol. The molecule has 6 nitrogen and oxygen atoms in total. The van der Waals surface area contributed by atoms with Crippen LogP contribution in [0.3, 0.4) is 0 Å². The smallest absolute Gasteiger partial charge is 0.257 e. The molecule has 25 heavy (non-hydrogen) atoms. The minimum atomic E-state index is 0.503. The van der Waals surface area contributed by atoms with Crippen LogP contribution in [0.2, 0.25) is 0 Å². The molecule has 0 spiro atoms. The molecule has 0 bridgehead atoms. The Hall–Kier alpha value is -2.80. The normalized spacial score (nSPS) is 11.1. The van der Waals surface area contributed by atoms with E-state index in [1.165, 1.54) is 0 Å². The van der Waals surface area contributed by atoms with Gasteiger partial charge in [-0.05, 0) is 36.4 Å². The molecule has 7 heteroatoms. The number of methoxy groups -OCH3 is 1. The van der Waals surface area contributed by atoms with Crippen molar-refractivity contribution in [2.24, 2.45) is 7.05 Å². The summed E-state index contributed by atoms with van der Waals surface area (Å²) in [6, 6.07) is 15.6. The first-order chi connectivity index (χ1) is 12.2. The van der Waals surface area contributed by atoms with Crippen LogP contribution in [0.1, 0.15) is 5.82 Å². The maximum atomic E-state index is 5.36. The van der Waals surface area contributed by atoms with Gasteiger partial charge < -0.3 is 13.8 Å². The van der Waals surface area contributed by atoms with Gasteiger partial charge in [0.15, 0.2) is 11.0 Å². The Morgan fingerprint density at radius 1 is 1.08 bits per heavy atom. The molecular formula is C18H16N4O2S. The summed E-state index contributed by atoms with van der Waals surface area (Å²) in [5.74, 6) is 2.53. The van der Waals surface area contributed by atoms with Gasteiger partial charge in [0.1, 0.15) is 5.75 Å². The van der Waals surface area contributed by atoms with E-state index in [2.05, 4.69) is 25.8 Å². The van der Waals surface area contributed by atoms with Gasteiger partial charge in [0.25, 0.3) is 5.89 Å². The average Bonchev–Trinajstić information content (AvgIpc) is 3.25. The van der Waals surface area contributed by atoms with Crippen molar-refractivity contribution in [3.05, 3.63) is 54.4 Å². The Balaban J connectivity index is 1.49. The Morgan fingerprint density at radius 2 is 1.88 bits per heavy atom. The van der Waals surface area contributed by atoms with E-state index in [-0.39, 0.29) is 0 Å². The standard InChI is InChI=1S/C18H16N4O2S/c1-22-15-6-4-3-5-14(15)19-18(22)25-11-16-20-17(24-21-16)12-7-9-13(23-2)10-8-12/h3-10H,11H2,1-2H3. The number of hydrogen-bond acceptors (Lipinski definition) is 6. The minimum Gasteiger partial charge on any atom is -0.497 e. The number of ether oxygens (including phenoxy) is 1. The van der Waals surface area contributed by atoms with Crippen molar-refractivity contribution in [1.82, 2.24) is 19.7 Å². The van der Waals surface area contributed by atoms with Crippen LogP contribution in [0, 0.1) is 0 Å². The van der Waals surface area contributed by atoms with E-state index in [4.69, 9.17) is 9.26 Å². The van der Waals surface area contributed by atoms with E-state index < -0.39 is 0 Å². The third-order valence-electron chi connectivity index (χ3n) is 3.88. The number of rotatable bonds is 5. The Labute approximate surface area is 148 Å². The second-order valence-electron chi connectivity index (χ2n) is 5.48. The third kappa shape index (κ3) is 3.10. The molecule has 0 amide bonds. The van der Waals surface area contributed by atoms with Crippen LogP contribution in [0.15, 0.2) is 58.2 Å². The average molecular weight is 352 g/mol. The molecule has 0 radical (unpaired) electrons. The van der Waals surface area contributed by atoms with Crippen LogP contribution < -0.4 is 4.74 Å². The topological polar surface area (TPSA) is 66.0 Å². The predicted molar refractivity (Wildman–Crippen MR) is 96.6 cm³/mol. The Morgan fingerprint density at radius 3 is 2.64 bits per heavy atom. The highest BCUT2D eigenvalue weighted by Gasteiger charge is 2.12. The zero-order valence-electron chi connectivity index (χ0n) is 13.8. The maximum Gasteiger partial charge on any atom is 0.257 e. The van der Waals surface area contributed by atoms with E-state index in [0.717, 1.165) is 27.5 Å². The van der Waals surface area contributed by atoms with Crippen LogP contribution >= 0.6 is 11.8 Å². The van der Waals surface area contributed by atoms with Gasteiger partial charge in [0, 0.05) is 12.6 Å². The minimum absolute atomic E-state index is 0.503. The number of fused-ring (bicyclic) bond motifs is 1. The molecule has 0 aliphatic carbocycles. The van der Waals surface area contributed by atoms with E-state index in [1.807, 2.05) is 49.5 Å². The summed E-state index contributed by atoms with van der Waals surface area (Å²) >= 11 is 1.59. The Bertz CT molecular complexity index is 1010. The molecule has 2 heterocycles. The fourth-order valence-electron chi connectivity index (χ4n) is 2.55. The summed E-state index contributed by atoms with van der Waals surface area (Å²) in [6.45, 7) is 0. The van der Waals surface area contributed by atoms with E-state index in [9.17, 15) is 0 Å². The number of hydrogen-bond donors (Lipinski definition) is 0. The van der Waals surface area contributed by atoms with Gasteiger partial charge in [-0.25, -0.2) is 4.98 Å². The lowest BCUT2D eigenvalue weighted by Gasteiger charge is -1.99. The third-order valence-corrected chi connectivity index (χ3v) is 4.91. The Kier molecular flexibility index (Phi) is 4.15. The fraction of sp³-hybridized carbons (Fsp3) is 0.167. The van der Waals surface area contributed by atoms with Crippen molar-refractivity contribution in [3.8, 4) is 17.2 Å². The molecule has 0 aliphatic rings. The summed E-state index contributed by atoms with van der Waals surface area (Å²) in [7, 11) is 3.65. The predicted octanol–water partition coefficient (Wildman–Crippen LogP) is 3.92. The number of nitrogens with zero attached hydrogens (tertiary/aromatic N) is 4. The van der Waals surface area contributed by atoms with E-state index >= 15 is 0 Å². The molecule has 4 rings (SSSR count). The SMILES string of the molecule is COc1ccc(-c2nc(CSc3nc4ccccc4n3C)no2)cc1. The molecule has 0 fully saturated rings. The highest BCUT2D eigenvalue weighted by molar-refractivity contribution is 7.98. The molecule has 0 N–H and O–H groups in total. The lowest BCUT2D eigenvalue weighted by Crippen LogP contribution is -1.92. The first-order valence-electron chi connectivity index (χ1n) is 7.76. The molecule has 2 aromatic heterocycles. The first-order valence-corrected chi connectivity index (χ1v) is 8.74. The molecule has 0 saturated heterocycles. The van der Waals surface area contributed by atoms with Gasteiger partial charge in [-0.2, -0.15) is 4.98 Å². The van der Waals surface area contributed by atoms with Crippen LogP contribution in [0.4, 0.5) is 0 Å². The van der Waals surface area contributed by atoms with Crippen molar-refractivity contribution in [2.75, 3.05) is 7.11 Å². The van der Waals surface area contributed by atoms with Crippen LogP contribution in [0.5, 0.6) is 5.75 Å². The maximum absolute atomic E-state index is 5.36. The monoisotopic (exact) mass is 352 g/mol. The fourth-order valence-corrected chi connectivity index (χ4v) is 3.38. The van der Waals surface area contributed by atoms with Gasteiger partial charge in [-0.1, -0.05) is 29.1 Å². The lowest BCUT2D eigenvalue weighted by atomic mass is 10.2. The van der Waals surface area contributed by atoms with Gasteiger partial charge in [0.2, 0.25) is 0 Å². The van der Waals surface area contributed by atoms with Gasteiger partial charge in [-0.15, -0.1) is 0 Å². The number of thioether (sulfide) groups is 1. The van der Waals surface area contributed by atoms with Crippen molar-refractivity contribution in [2.45, 2.75) is 10.9 Å². The van der Waals surface area contributed by atoms with Crippen molar-refractivity contribution >= 4 is 22.8 Å². The van der Waals surface area contributed by atoms with E-state index in [1.54, 1.807) is 18.9 Å². The number of aromatic nitrogens is 4. The zero-order valence-corrected chi connectivity index (χ0v) is 14.7. The van der Waals surface area contributed by atoms with Gasteiger partial charge in [-0.3, -0.25) is 0 Å². The summed E-state index contributed by atoms with van der Waals surface area (Å²) in [5, 5.41) is 4.99. The van der Waals surface area contributed by atoms with Crippen LogP contribution in [-0.2, 0) is 12.8 Å². The van der Waals surface area contributed by atoms with E-state index in [0.29, 0.717) is 17.5 Å². The quantitative estimate of drug-likeness (QED) is 0.507. The number of benzene rings is 2. The summed E-state index contributed by atoms with van der Waals surface area (Å²) in [5.41, 5.74) is 2.96. The molecule has 0 unspecified atom stereocenters. The second kappa shape index (κ2) is 6.60. The largest absolute Gasteiger partial charge is 0.497 e. The van der Waals surface area contributed by atoms with Crippen molar-refractivity contribution in [1.29, 1.82) is 0 Å². The van der Waals surface area contributed by atoms with Crippen molar-refractivity contribution in [3.63, 3.8) is 0 Å². The number of imidazole rings is 1. The second-order valence-corrected chi connectivity index (χ2v) is 6.42. The molecule has 126 valence electrons.